The molecule has 2 aromatic rings. The van der Waals surface area contributed by atoms with Crippen molar-refractivity contribution in [1.29, 1.82) is 0 Å². The minimum absolute atomic E-state index is 0.0705. The molecule has 1 saturated heterocycles. The van der Waals surface area contributed by atoms with Crippen LogP contribution >= 0.6 is 0 Å². The standard InChI is InChI=1S/C28H41FN4O3/c1-8-9-11-30-26-22(29)13-19(16-32-26)21-17-31-18(2)20(14-24(34)35)25(21)33-12-10-28(6,7)15-23(33)36-27(3,4)5/h13,16-17,23H,8-12,14-15H2,1-7H3,(H,30,32)(H,34,35). The largest absolute Gasteiger partial charge is 0.481 e. The van der Waals surface area contributed by atoms with E-state index in [-0.39, 0.29) is 23.9 Å². The lowest BCUT2D eigenvalue weighted by Crippen LogP contribution is -2.50. The average molecular weight is 501 g/mol. The fraction of sp³-hybridized carbons (Fsp3) is 0.607. The van der Waals surface area contributed by atoms with Crippen molar-refractivity contribution in [3.63, 3.8) is 0 Å². The van der Waals surface area contributed by atoms with E-state index >= 15 is 4.39 Å². The SMILES string of the molecule is CCCCNc1ncc(-c2cnc(C)c(CC(=O)O)c2N2CCC(C)(C)CC2OC(C)(C)C)cc1F. The number of piperidine rings is 1. The first-order valence-corrected chi connectivity index (χ1v) is 12.9. The summed E-state index contributed by atoms with van der Waals surface area (Å²) in [6.45, 7) is 15.7. The van der Waals surface area contributed by atoms with Crippen molar-refractivity contribution >= 4 is 17.5 Å². The monoisotopic (exact) mass is 500 g/mol. The molecule has 0 amide bonds. The highest BCUT2D eigenvalue weighted by atomic mass is 19.1. The summed E-state index contributed by atoms with van der Waals surface area (Å²) in [5.41, 5.74) is 2.89. The molecule has 1 atom stereocenters. The Morgan fingerprint density at radius 2 is 2.03 bits per heavy atom. The first kappa shape index (κ1) is 27.8. The fourth-order valence-electron chi connectivity index (χ4n) is 4.66. The van der Waals surface area contributed by atoms with Crippen molar-refractivity contribution in [3.05, 3.63) is 35.5 Å². The molecule has 198 valence electrons. The Labute approximate surface area is 214 Å². The molecular formula is C28H41FN4O3. The molecule has 0 aromatic carbocycles. The Hall–Kier alpha value is -2.74. The maximum Gasteiger partial charge on any atom is 0.307 e. The summed E-state index contributed by atoms with van der Waals surface area (Å²) in [5.74, 6) is -1.17. The Morgan fingerprint density at radius 1 is 1.31 bits per heavy atom. The van der Waals surface area contributed by atoms with Gasteiger partial charge in [0.2, 0.25) is 0 Å². The second-order valence-corrected chi connectivity index (χ2v) is 11.5. The van der Waals surface area contributed by atoms with E-state index in [0.29, 0.717) is 35.5 Å². The van der Waals surface area contributed by atoms with Gasteiger partial charge in [-0.1, -0.05) is 27.2 Å². The van der Waals surface area contributed by atoms with Crippen LogP contribution in [0.25, 0.3) is 11.1 Å². The average Bonchev–Trinajstić information content (AvgIpc) is 2.75. The van der Waals surface area contributed by atoms with Crippen LogP contribution in [-0.4, -0.2) is 46.0 Å². The smallest absolute Gasteiger partial charge is 0.307 e. The van der Waals surface area contributed by atoms with Crippen LogP contribution in [0.5, 0.6) is 0 Å². The zero-order valence-corrected chi connectivity index (χ0v) is 22.7. The lowest BCUT2D eigenvalue weighted by Gasteiger charge is -2.47. The highest BCUT2D eigenvalue weighted by molar-refractivity contribution is 5.84. The molecule has 0 aliphatic carbocycles. The summed E-state index contributed by atoms with van der Waals surface area (Å²) >= 11 is 0. The van der Waals surface area contributed by atoms with Crippen molar-refractivity contribution in [1.82, 2.24) is 9.97 Å². The number of nitrogens with one attached hydrogen (secondary N) is 1. The number of pyridine rings is 2. The third kappa shape index (κ3) is 6.93. The predicted octanol–water partition coefficient (Wildman–Crippen LogP) is 6.20. The van der Waals surface area contributed by atoms with Crippen LogP contribution in [0.1, 0.15) is 78.5 Å². The number of carbonyl (C=O) groups is 1. The molecule has 0 radical (unpaired) electrons. The van der Waals surface area contributed by atoms with E-state index < -0.39 is 17.4 Å². The second kappa shape index (κ2) is 11.1. The van der Waals surface area contributed by atoms with E-state index in [0.717, 1.165) is 31.4 Å². The molecule has 1 aliphatic rings. The molecule has 0 bridgehead atoms. The summed E-state index contributed by atoms with van der Waals surface area (Å²) in [6.07, 6.45) is 6.50. The first-order chi connectivity index (χ1) is 16.8. The summed E-state index contributed by atoms with van der Waals surface area (Å²) in [4.78, 5) is 22.9. The van der Waals surface area contributed by atoms with E-state index in [2.05, 4.69) is 41.0 Å². The van der Waals surface area contributed by atoms with Crippen molar-refractivity contribution in [2.24, 2.45) is 5.41 Å². The number of nitrogens with zero attached hydrogens (tertiary/aromatic N) is 3. The van der Waals surface area contributed by atoms with E-state index in [1.807, 2.05) is 27.7 Å². The summed E-state index contributed by atoms with van der Waals surface area (Å²) in [7, 11) is 0. The normalized spacial score (nSPS) is 17.8. The third-order valence-electron chi connectivity index (χ3n) is 6.55. The van der Waals surface area contributed by atoms with Gasteiger partial charge in [-0.05, 0) is 58.4 Å². The van der Waals surface area contributed by atoms with Crippen LogP contribution < -0.4 is 10.2 Å². The number of anilines is 2. The van der Waals surface area contributed by atoms with Gasteiger partial charge in [0.05, 0.1) is 17.7 Å². The predicted molar refractivity (Wildman–Crippen MR) is 142 cm³/mol. The van der Waals surface area contributed by atoms with Crippen LogP contribution in [-0.2, 0) is 16.0 Å². The van der Waals surface area contributed by atoms with Crippen molar-refractivity contribution in [3.8, 4) is 11.1 Å². The number of hydrogen-bond acceptors (Lipinski definition) is 6. The Bertz CT molecular complexity index is 1080. The van der Waals surface area contributed by atoms with Crippen LogP contribution in [0.3, 0.4) is 0 Å². The first-order valence-electron chi connectivity index (χ1n) is 12.9. The Morgan fingerprint density at radius 3 is 2.64 bits per heavy atom. The van der Waals surface area contributed by atoms with E-state index in [4.69, 9.17) is 4.74 Å². The molecule has 7 nitrogen and oxygen atoms in total. The van der Waals surface area contributed by atoms with E-state index in [9.17, 15) is 9.90 Å². The second-order valence-electron chi connectivity index (χ2n) is 11.5. The number of aromatic nitrogens is 2. The number of aliphatic carboxylic acids is 1. The lowest BCUT2D eigenvalue weighted by molar-refractivity contribution is -0.136. The van der Waals surface area contributed by atoms with Crippen LogP contribution in [0.15, 0.2) is 18.5 Å². The number of unbranched alkanes of at least 4 members (excludes halogenated alkanes) is 1. The van der Waals surface area contributed by atoms with Gasteiger partial charge in [0.15, 0.2) is 11.6 Å². The van der Waals surface area contributed by atoms with Crippen molar-refractivity contribution in [2.45, 2.75) is 92.4 Å². The molecule has 36 heavy (non-hydrogen) atoms. The molecule has 8 heteroatoms. The summed E-state index contributed by atoms with van der Waals surface area (Å²) < 4.78 is 21.6. The number of carboxylic acid groups (broad SMARTS) is 1. The van der Waals surface area contributed by atoms with E-state index in [1.165, 1.54) is 6.07 Å². The number of rotatable bonds is 9. The summed E-state index contributed by atoms with van der Waals surface area (Å²) in [5, 5.41) is 12.8. The fourth-order valence-corrected chi connectivity index (χ4v) is 4.66. The minimum Gasteiger partial charge on any atom is -0.481 e. The molecule has 0 spiro atoms. The van der Waals surface area contributed by atoms with Gasteiger partial charge in [-0.2, -0.15) is 0 Å². The molecule has 0 saturated carbocycles. The zero-order chi connectivity index (χ0) is 26.7. The minimum atomic E-state index is -0.941. The number of ether oxygens (including phenoxy) is 1. The number of hydrogen-bond donors (Lipinski definition) is 2. The molecule has 1 fully saturated rings. The van der Waals surface area contributed by atoms with Crippen LogP contribution in [0.2, 0.25) is 0 Å². The van der Waals surface area contributed by atoms with Gasteiger partial charge in [-0.25, -0.2) is 9.37 Å². The van der Waals surface area contributed by atoms with Gasteiger partial charge >= 0.3 is 5.97 Å². The molecule has 3 rings (SSSR count). The van der Waals surface area contributed by atoms with Gasteiger partial charge in [-0.15, -0.1) is 0 Å². The number of carboxylic acids is 1. The third-order valence-corrected chi connectivity index (χ3v) is 6.55. The Kier molecular flexibility index (Phi) is 8.59. The quantitative estimate of drug-likeness (QED) is 0.397. The molecule has 3 heterocycles. The van der Waals surface area contributed by atoms with E-state index in [1.54, 1.807) is 12.4 Å². The van der Waals surface area contributed by atoms with Gasteiger partial charge in [0, 0.05) is 47.9 Å². The zero-order valence-electron chi connectivity index (χ0n) is 22.7. The number of aryl methyl sites for hydroxylation is 1. The maximum absolute atomic E-state index is 15.0. The van der Waals surface area contributed by atoms with Crippen LogP contribution in [0, 0.1) is 18.2 Å². The highest BCUT2D eigenvalue weighted by Gasteiger charge is 2.38. The molecule has 1 aliphatic heterocycles. The molecule has 1 unspecified atom stereocenters. The lowest BCUT2D eigenvalue weighted by atomic mass is 9.80. The highest BCUT2D eigenvalue weighted by Crippen LogP contribution is 2.43. The maximum atomic E-state index is 15.0. The van der Waals surface area contributed by atoms with Gasteiger partial charge in [0.1, 0.15) is 6.23 Å². The summed E-state index contributed by atoms with van der Waals surface area (Å²) in [6, 6.07) is 1.45. The molecule has 2 N–H and O–H groups in total. The van der Waals surface area contributed by atoms with Crippen molar-refractivity contribution < 1.29 is 19.0 Å². The molecular weight excluding hydrogens is 459 g/mol. The van der Waals surface area contributed by atoms with Gasteiger partial charge < -0.3 is 20.1 Å². The van der Waals surface area contributed by atoms with Crippen LogP contribution in [0.4, 0.5) is 15.9 Å². The Balaban J connectivity index is 2.15. The van der Waals surface area contributed by atoms with Gasteiger partial charge in [-0.3, -0.25) is 9.78 Å². The topological polar surface area (TPSA) is 87.6 Å². The van der Waals surface area contributed by atoms with Crippen molar-refractivity contribution in [2.75, 3.05) is 23.3 Å². The number of halogens is 1. The molecule has 2 aromatic heterocycles. The van der Waals surface area contributed by atoms with Gasteiger partial charge in [0.25, 0.3) is 0 Å².